The number of aromatic hydroxyl groups is 1. The van der Waals surface area contributed by atoms with Gasteiger partial charge < -0.3 is 44.3 Å². The Morgan fingerprint density at radius 3 is 1.56 bits per heavy atom. The third-order valence-electron chi connectivity index (χ3n) is 13.0. The van der Waals surface area contributed by atoms with E-state index in [1.165, 1.54) is 16.9 Å². The minimum absolute atomic E-state index is 0.0271. The summed E-state index contributed by atoms with van der Waals surface area (Å²) in [4.78, 5) is 63.9. The second kappa shape index (κ2) is 20.5. The van der Waals surface area contributed by atoms with Gasteiger partial charge in [-0.25, -0.2) is 0 Å². The van der Waals surface area contributed by atoms with Crippen LogP contribution in [0, 0.1) is 6.92 Å². The number of phenols is 1. The number of amides is 4. The minimum atomic E-state index is -1.44. The number of carbonyl (C=O) groups is 4. The number of benzene rings is 4. The fourth-order valence-corrected chi connectivity index (χ4v) is 10.4. The number of aryl methyl sites for hydroxylation is 1. The quantitative estimate of drug-likeness (QED) is 0.0522. The van der Waals surface area contributed by atoms with Crippen LogP contribution < -0.4 is 29.7 Å². The Labute approximate surface area is 412 Å². The van der Waals surface area contributed by atoms with Crippen LogP contribution in [0.2, 0.25) is 51.4 Å². The number of rotatable bonds is 19. The average molecular weight is 988 g/mol. The minimum Gasteiger partial charge on any atom is -0.508 e. The maximum atomic E-state index is 14.5. The lowest BCUT2D eigenvalue weighted by molar-refractivity contribution is -0.123. The average Bonchev–Trinajstić information content (AvgIpc) is 3.94. The highest BCUT2D eigenvalue weighted by atomic mass is 28.3. The maximum absolute atomic E-state index is 14.5. The molecule has 17 heteroatoms. The molecule has 0 aliphatic carbocycles. The van der Waals surface area contributed by atoms with Gasteiger partial charge in [-0.15, -0.1) is 0 Å². The van der Waals surface area contributed by atoms with Crippen LogP contribution >= 0.6 is 0 Å². The van der Waals surface area contributed by atoms with Gasteiger partial charge in [0.2, 0.25) is 0 Å². The van der Waals surface area contributed by atoms with Crippen LogP contribution in [0.4, 0.5) is 17.1 Å². The molecule has 4 aromatic rings. The Bertz CT molecular complexity index is 2710. The number of phenolic OH excluding ortho intramolecular Hbond substituents is 1. The van der Waals surface area contributed by atoms with Crippen molar-refractivity contribution in [1.82, 2.24) is 9.80 Å². The molecule has 0 radical (unpaired) electrons. The largest absolute Gasteiger partial charge is 0.508 e. The number of hydrogen-bond donors (Lipinski definition) is 2. The molecule has 4 heterocycles. The summed E-state index contributed by atoms with van der Waals surface area (Å²) in [6.07, 6.45) is 4.56. The van der Waals surface area contributed by atoms with Crippen molar-refractivity contribution in [1.29, 1.82) is 0 Å². The Morgan fingerprint density at radius 1 is 0.614 bits per heavy atom. The van der Waals surface area contributed by atoms with Crippen molar-refractivity contribution in [3.63, 3.8) is 0 Å². The molecule has 0 unspecified atom stereocenters. The highest BCUT2D eigenvalue weighted by Gasteiger charge is 2.45. The number of nitrogens with two attached hydrogens (primary N) is 1. The standard InChI is InChI=1S/C53H65N5O10Si2/c1-34-24-41-43(57(32-65-20-22-69(3,4)5)52(62)45-26-38(31-55(45)50(41)60)36-12-16-40(59)17-13-36)28-47(34)67-18-9-19-68-49-29-44-42(27-48(49)64-2)51(61)56-30-37(35-10-14-39(54)15-11-35)25-46(56)53(63)58(44)33-66-21-23-70(6,7)8/h10-17,24,27-31,45-46,59H,9,18-23,25-26,32-33,54H2,1-8H3/t45-,46-/m0/s1. The van der Waals surface area contributed by atoms with Crippen molar-refractivity contribution in [2.24, 2.45) is 0 Å². The van der Waals surface area contributed by atoms with E-state index in [1.807, 2.05) is 19.1 Å². The van der Waals surface area contributed by atoms with E-state index in [0.717, 1.165) is 34.4 Å². The van der Waals surface area contributed by atoms with E-state index < -0.39 is 28.2 Å². The molecule has 4 aromatic carbocycles. The molecule has 4 aliphatic heterocycles. The molecular weight excluding hydrogens is 923 g/mol. The zero-order chi connectivity index (χ0) is 50.1. The number of methoxy groups -OCH3 is 1. The predicted molar refractivity (Wildman–Crippen MR) is 277 cm³/mol. The van der Waals surface area contributed by atoms with Crippen LogP contribution in [0.3, 0.4) is 0 Å². The molecule has 70 heavy (non-hydrogen) atoms. The summed E-state index contributed by atoms with van der Waals surface area (Å²) in [6, 6.07) is 21.2. The summed E-state index contributed by atoms with van der Waals surface area (Å²) in [5, 5.41) is 9.88. The zero-order valence-electron chi connectivity index (χ0n) is 41.5. The molecule has 0 saturated carbocycles. The van der Waals surface area contributed by atoms with E-state index in [4.69, 9.17) is 29.4 Å². The first-order valence-electron chi connectivity index (χ1n) is 23.9. The van der Waals surface area contributed by atoms with Crippen LogP contribution in [0.25, 0.3) is 11.1 Å². The maximum Gasteiger partial charge on any atom is 0.260 e. The molecule has 0 spiro atoms. The second-order valence-electron chi connectivity index (χ2n) is 20.8. The van der Waals surface area contributed by atoms with Gasteiger partial charge in [0.25, 0.3) is 23.6 Å². The molecule has 0 bridgehead atoms. The fraction of sp³-hybridized carbons (Fsp3) is 0.396. The van der Waals surface area contributed by atoms with Gasteiger partial charge in [-0.3, -0.25) is 29.0 Å². The summed E-state index contributed by atoms with van der Waals surface area (Å²) < 4.78 is 30.8. The monoisotopic (exact) mass is 987 g/mol. The van der Waals surface area contributed by atoms with Crippen molar-refractivity contribution in [3.05, 3.63) is 113 Å². The van der Waals surface area contributed by atoms with Crippen LogP contribution in [-0.4, -0.2) is 114 Å². The predicted octanol–water partition coefficient (Wildman–Crippen LogP) is 8.97. The van der Waals surface area contributed by atoms with E-state index in [-0.39, 0.29) is 61.6 Å². The summed E-state index contributed by atoms with van der Waals surface area (Å²) in [5.41, 5.74) is 12.1. The van der Waals surface area contributed by atoms with Crippen LogP contribution in [-0.2, 0) is 19.1 Å². The number of ether oxygens (including phenoxy) is 5. The summed E-state index contributed by atoms with van der Waals surface area (Å²) in [6.45, 7) is 16.8. The van der Waals surface area contributed by atoms with E-state index in [1.54, 1.807) is 82.9 Å². The molecule has 4 aliphatic rings. The highest BCUT2D eigenvalue weighted by molar-refractivity contribution is 6.76. The molecule has 15 nitrogen and oxygen atoms in total. The first-order valence-corrected chi connectivity index (χ1v) is 31.3. The normalized spacial score (nSPS) is 17.9. The van der Waals surface area contributed by atoms with E-state index in [2.05, 4.69) is 39.3 Å². The van der Waals surface area contributed by atoms with Crippen molar-refractivity contribution >= 4 is 68.0 Å². The first kappa shape index (κ1) is 50.0. The third kappa shape index (κ3) is 11.0. The molecule has 2 atom stereocenters. The lowest BCUT2D eigenvalue weighted by atomic mass is 10.0. The highest BCUT2D eigenvalue weighted by Crippen LogP contribution is 2.43. The zero-order valence-corrected chi connectivity index (χ0v) is 43.5. The van der Waals surface area contributed by atoms with Gasteiger partial charge in [-0.05, 0) is 83.2 Å². The van der Waals surface area contributed by atoms with Crippen molar-refractivity contribution < 1.29 is 48.0 Å². The Morgan fingerprint density at radius 2 is 1.07 bits per heavy atom. The van der Waals surface area contributed by atoms with E-state index in [0.29, 0.717) is 77.9 Å². The topological polar surface area (TPSA) is 174 Å². The Hall–Kier alpha value is -6.41. The van der Waals surface area contributed by atoms with Crippen molar-refractivity contribution in [2.45, 2.75) is 89.6 Å². The van der Waals surface area contributed by atoms with E-state index >= 15 is 0 Å². The number of carbonyl (C=O) groups excluding carboxylic acids is 4. The Balaban J connectivity index is 1.00. The van der Waals surface area contributed by atoms with Gasteiger partial charge in [-0.2, -0.15) is 0 Å². The first-order chi connectivity index (χ1) is 33.3. The fourth-order valence-electron chi connectivity index (χ4n) is 8.88. The van der Waals surface area contributed by atoms with Crippen molar-refractivity contribution in [2.75, 3.05) is 62.5 Å². The van der Waals surface area contributed by atoms with Gasteiger partial charge in [-0.1, -0.05) is 63.5 Å². The van der Waals surface area contributed by atoms with Crippen LogP contribution in [0.15, 0.2) is 85.2 Å². The molecule has 4 amide bonds. The van der Waals surface area contributed by atoms with E-state index in [9.17, 15) is 24.3 Å². The van der Waals surface area contributed by atoms with Gasteiger partial charge in [0.05, 0.1) is 42.8 Å². The molecule has 0 fully saturated rings. The molecule has 0 saturated heterocycles. The van der Waals surface area contributed by atoms with Gasteiger partial charge in [0.15, 0.2) is 11.5 Å². The SMILES string of the molecule is COc1cc2c(cc1OCCCOc1cc3c(cc1C)C(=O)N1C=C(c4ccc(O)cc4)C[C@H]1C(=O)N3COCC[Si](C)(C)C)N(COCC[Si](C)(C)C)C(=O)[C@@H]1CC(c3ccc(N)cc3)=CN1C2=O. The summed E-state index contributed by atoms with van der Waals surface area (Å²) >= 11 is 0. The molecule has 8 rings (SSSR count). The smallest absolute Gasteiger partial charge is 0.260 e. The van der Waals surface area contributed by atoms with Gasteiger partial charge in [0.1, 0.15) is 37.0 Å². The molecule has 0 aromatic heterocycles. The molecule has 3 N–H and O–H groups in total. The van der Waals surface area contributed by atoms with Crippen LogP contribution in [0.1, 0.15) is 56.7 Å². The molecular formula is C53H65N5O10Si2. The second-order valence-corrected chi connectivity index (χ2v) is 32.0. The Kier molecular flexibility index (Phi) is 14.7. The van der Waals surface area contributed by atoms with Gasteiger partial charge >= 0.3 is 0 Å². The number of fused-ring (bicyclic) bond motifs is 4. The third-order valence-corrected chi connectivity index (χ3v) is 16.4. The number of anilines is 3. The lowest BCUT2D eigenvalue weighted by Gasteiger charge is -2.27. The van der Waals surface area contributed by atoms with Crippen LogP contribution in [0.5, 0.6) is 23.0 Å². The number of nitrogens with zero attached hydrogens (tertiary/aromatic N) is 4. The van der Waals surface area contributed by atoms with Gasteiger partial charge in [0, 0.05) is 78.8 Å². The lowest BCUT2D eigenvalue weighted by Crippen LogP contribution is -2.45. The number of hydrogen-bond acceptors (Lipinski definition) is 11. The molecule has 370 valence electrons. The summed E-state index contributed by atoms with van der Waals surface area (Å²) in [7, 11) is -1.36. The van der Waals surface area contributed by atoms with Crippen molar-refractivity contribution in [3.8, 4) is 23.0 Å². The summed E-state index contributed by atoms with van der Waals surface area (Å²) in [5.74, 6) is 0.147. The number of nitrogen functional groups attached to an aromatic ring is 1.